The van der Waals surface area contributed by atoms with Crippen molar-refractivity contribution in [3.05, 3.63) is 53.3 Å². The number of rotatable bonds is 5. The molecule has 0 saturated heterocycles. The van der Waals surface area contributed by atoms with Crippen LogP contribution in [0.3, 0.4) is 0 Å². The van der Waals surface area contributed by atoms with Crippen molar-refractivity contribution in [2.45, 2.75) is 13.3 Å². The lowest BCUT2D eigenvalue weighted by Crippen LogP contribution is -2.13. The number of hydrogen-bond donors (Lipinski definition) is 1. The molecule has 1 amide bonds. The third kappa shape index (κ3) is 3.96. The maximum atomic E-state index is 12.0. The average Bonchev–Trinajstić information content (AvgIpc) is 2.46. The van der Waals surface area contributed by atoms with Crippen LogP contribution in [0.2, 0.25) is 5.15 Å². The van der Waals surface area contributed by atoms with Crippen molar-refractivity contribution < 1.29 is 9.53 Å². The first-order valence-corrected chi connectivity index (χ1v) is 6.73. The molecule has 0 spiro atoms. The van der Waals surface area contributed by atoms with Gasteiger partial charge < -0.3 is 10.1 Å². The molecule has 0 aliphatic heterocycles. The van der Waals surface area contributed by atoms with Gasteiger partial charge in [0.05, 0.1) is 6.61 Å². The van der Waals surface area contributed by atoms with E-state index in [0.29, 0.717) is 17.4 Å². The van der Waals surface area contributed by atoms with Crippen LogP contribution >= 0.6 is 11.6 Å². The molecule has 5 heteroatoms. The lowest BCUT2D eigenvalue weighted by atomic mass is 10.3. The fourth-order valence-electron chi connectivity index (χ4n) is 1.58. The number of carbonyl (C=O) groups is 1. The molecule has 0 fully saturated rings. The van der Waals surface area contributed by atoms with Gasteiger partial charge in [-0.25, -0.2) is 4.98 Å². The average molecular weight is 291 g/mol. The molecule has 0 unspecified atom stereocenters. The highest BCUT2D eigenvalue weighted by Crippen LogP contribution is 2.16. The van der Waals surface area contributed by atoms with Crippen LogP contribution in [-0.2, 0) is 0 Å². The molecule has 0 aliphatic rings. The van der Waals surface area contributed by atoms with E-state index in [9.17, 15) is 4.79 Å². The van der Waals surface area contributed by atoms with E-state index in [0.717, 1.165) is 12.2 Å². The number of hydrogen-bond acceptors (Lipinski definition) is 3. The third-order valence-corrected chi connectivity index (χ3v) is 2.74. The summed E-state index contributed by atoms with van der Waals surface area (Å²) in [7, 11) is 0. The van der Waals surface area contributed by atoms with Gasteiger partial charge in [-0.2, -0.15) is 0 Å². The number of aromatic nitrogens is 1. The van der Waals surface area contributed by atoms with Gasteiger partial charge in [-0.15, -0.1) is 0 Å². The topological polar surface area (TPSA) is 51.2 Å². The second-order valence-electron chi connectivity index (χ2n) is 4.17. The van der Waals surface area contributed by atoms with E-state index in [4.69, 9.17) is 16.3 Å². The molecule has 0 aliphatic carbocycles. The van der Waals surface area contributed by atoms with E-state index in [1.807, 2.05) is 19.1 Å². The number of carbonyl (C=O) groups excluding carboxylic acids is 1. The smallest absolute Gasteiger partial charge is 0.274 e. The summed E-state index contributed by atoms with van der Waals surface area (Å²) in [6.45, 7) is 2.73. The number of ether oxygens (including phenoxy) is 1. The summed E-state index contributed by atoms with van der Waals surface area (Å²) in [5.41, 5.74) is 0.962. The second-order valence-corrected chi connectivity index (χ2v) is 4.56. The predicted octanol–water partition coefficient (Wildman–Crippen LogP) is 3.78. The lowest BCUT2D eigenvalue weighted by molar-refractivity contribution is 0.102. The van der Waals surface area contributed by atoms with Crippen LogP contribution in [0, 0.1) is 0 Å². The van der Waals surface area contributed by atoms with Crippen molar-refractivity contribution >= 4 is 23.2 Å². The molecule has 2 rings (SSSR count). The molecule has 4 nitrogen and oxygen atoms in total. The monoisotopic (exact) mass is 290 g/mol. The Labute approximate surface area is 122 Å². The third-order valence-electron chi connectivity index (χ3n) is 2.53. The van der Waals surface area contributed by atoms with E-state index in [-0.39, 0.29) is 11.6 Å². The van der Waals surface area contributed by atoms with Crippen LogP contribution in [0.1, 0.15) is 23.8 Å². The van der Waals surface area contributed by atoms with Crippen LogP contribution in [0.5, 0.6) is 5.75 Å². The Balaban J connectivity index is 2.01. The Morgan fingerprint density at radius 2 is 2.00 bits per heavy atom. The van der Waals surface area contributed by atoms with Crippen molar-refractivity contribution in [1.29, 1.82) is 0 Å². The zero-order valence-corrected chi connectivity index (χ0v) is 11.9. The first-order valence-electron chi connectivity index (χ1n) is 6.36. The molecular weight excluding hydrogens is 276 g/mol. The number of halogens is 1. The van der Waals surface area contributed by atoms with Gasteiger partial charge in [-0.05, 0) is 42.8 Å². The Bertz CT molecular complexity index is 585. The van der Waals surface area contributed by atoms with E-state index < -0.39 is 0 Å². The maximum absolute atomic E-state index is 12.0. The summed E-state index contributed by atoms with van der Waals surface area (Å²) in [6, 6.07) is 12.1. The van der Waals surface area contributed by atoms with Crippen molar-refractivity contribution in [1.82, 2.24) is 4.98 Å². The zero-order chi connectivity index (χ0) is 14.4. The Kier molecular flexibility index (Phi) is 4.96. The van der Waals surface area contributed by atoms with Crippen LogP contribution in [0.25, 0.3) is 0 Å². The minimum atomic E-state index is -0.297. The number of anilines is 1. The van der Waals surface area contributed by atoms with Gasteiger partial charge in [-0.3, -0.25) is 4.79 Å². The largest absolute Gasteiger partial charge is 0.494 e. The molecule has 2 aromatic rings. The van der Waals surface area contributed by atoms with Crippen LogP contribution in [0.4, 0.5) is 5.69 Å². The van der Waals surface area contributed by atoms with Gasteiger partial charge in [0, 0.05) is 5.69 Å². The molecule has 20 heavy (non-hydrogen) atoms. The number of nitrogens with one attached hydrogen (secondary N) is 1. The van der Waals surface area contributed by atoms with E-state index in [1.54, 1.807) is 30.3 Å². The molecule has 0 bridgehead atoms. The van der Waals surface area contributed by atoms with Crippen molar-refractivity contribution in [2.75, 3.05) is 11.9 Å². The van der Waals surface area contributed by atoms with Crippen LogP contribution in [0.15, 0.2) is 42.5 Å². The highest BCUT2D eigenvalue weighted by molar-refractivity contribution is 6.29. The van der Waals surface area contributed by atoms with Gasteiger partial charge in [0.15, 0.2) is 0 Å². The maximum Gasteiger partial charge on any atom is 0.274 e. The van der Waals surface area contributed by atoms with Gasteiger partial charge >= 0.3 is 0 Å². The lowest BCUT2D eigenvalue weighted by Gasteiger charge is -2.07. The Hall–Kier alpha value is -2.07. The second kappa shape index (κ2) is 6.91. The summed E-state index contributed by atoms with van der Waals surface area (Å²) in [5.74, 6) is 0.487. The van der Waals surface area contributed by atoms with Crippen molar-refractivity contribution in [3.63, 3.8) is 0 Å². The quantitative estimate of drug-likeness (QED) is 0.853. The molecule has 1 heterocycles. The Morgan fingerprint density at radius 3 is 2.65 bits per heavy atom. The fourth-order valence-corrected chi connectivity index (χ4v) is 1.75. The highest BCUT2D eigenvalue weighted by atomic mass is 35.5. The summed E-state index contributed by atoms with van der Waals surface area (Å²) in [6.07, 6.45) is 0.957. The SMILES string of the molecule is CCCOc1ccc(NC(=O)c2cccc(Cl)n2)cc1. The van der Waals surface area contributed by atoms with E-state index in [2.05, 4.69) is 10.3 Å². The van der Waals surface area contributed by atoms with Crippen molar-refractivity contribution in [2.24, 2.45) is 0 Å². The standard InChI is InChI=1S/C15H15ClN2O2/c1-2-10-20-12-8-6-11(7-9-12)17-15(19)13-4-3-5-14(16)18-13/h3-9H,2,10H2,1H3,(H,17,19). The summed E-state index contributed by atoms with van der Waals surface area (Å²) < 4.78 is 5.47. The molecule has 1 aromatic heterocycles. The van der Waals surface area contributed by atoms with Gasteiger partial charge in [0.1, 0.15) is 16.6 Å². The molecule has 0 radical (unpaired) electrons. The van der Waals surface area contributed by atoms with Gasteiger partial charge in [-0.1, -0.05) is 24.6 Å². The summed E-state index contributed by atoms with van der Waals surface area (Å²) in [5, 5.41) is 3.05. The minimum Gasteiger partial charge on any atom is -0.494 e. The van der Waals surface area contributed by atoms with Gasteiger partial charge in [0.25, 0.3) is 5.91 Å². The number of benzene rings is 1. The number of amides is 1. The van der Waals surface area contributed by atoms with Crippen molar-refractivity contribution in [3.8, 4) is 5.75 Å². The summed E-state index contributed by atoms with van der Waals surface area (Å²) >= 11 is 5.75. The first-order chi connectivity index (χ1) is 9.69. The van der Waals surface area contributed by atoms with E-state index in [1.165, 1.54) is 0 Å². The van der Waals surface area contributed by atoms with Crippen LogP contribution in [-0.4, -0.2) is 17.5 Å². The first kappa shape index (κ1) is 14.3. The number of nitrogens with zero attached hydrogens (tertiary/aromatic N) is 1. The Morgan fingerprint density at radius 1 is 1.25 bits per heavy atom. The molecule has 1 aromatic carbocycles. The summed E-state index contributed by atoms with van der Waals surface area (Å²) in [4.78, 5) is 15.9. The molecular formula is C15H15ClN2O2. The zero-order valence-electron chi connectivity index (χ0n) is 11.1. The molecule has 0 saturated carbocycles. The molecule has 1 N–H and O–H groups in total. The molecule has 0 atom stereocenters. The number of pyridine rings is 1. The predicted molar refractivity (Wildman–Crippen MR) is 79.4 cm³/mol. The highest BCUT2D eigenvalue weighted by Gasteiger charge is 2.08. The minimum absolute atomic E-state index is 0.281. The van der Waals surface area contributed by atoms with E-state index >= 15 is 0 Å². The fraction of sp³-hybridized carbons (Fsp3) is 0.200. The van der Waals surface area contributed by atoms with Crippen LogP contribution < -0.4 is 10.1 Å². The molecule has 104 valence electrons. The van der Waals surface area contributed by atoms with Gasteiger partial charge in [0.2, 0.25) is 0 Å². The normalized spacial score (nSPS) is 10.1.